The van der Waals surface area contributed by atoms with E-state index in [9.17, 15) is 4.79 Å². The fourth-order valence-electron chi connectivity index (χ4n) is 10.1. The van der Waals surface area contributed by atoms with E-state index in [0.29, 0.717) is 19.8 Å². The smallest absolute Gasteiger partial charge is 0.217 e. The van der Waals surface area contributed by atoms with Crippen LogP contribution in [0.2, 0.25) is 0 Å². The Hall–Kier alpha value is -3.97. The number of rotatable bonds is 36. The molecule has 2 fully saturated rings. The van der Waals surface area contributed by atoms with E-state index in [1.54, 1.807) is 0 Å². The maximum Gasteiger partial charge on any atom is 0.217 e. The van der Waals surface area contributed by atoms with Gasteiger partial charge in [0.2, 0.25) is 5.91 Å². The highest BCUT2D eigenvalue weighted by atomic mass is 16.8. The van der Waals surface area contributed by atoms with Gasteiger partial charge in [-0.3, -0.25) is 4.79 Å². The molecule has 6 rings (SSSR count). The second-order valence-electron chi connectivity index (χ2n) is 20.6. The monoisotopic (exact) mass is 992 g/mol. The van der Waals surface area contributed by atoms with E-state index in [1.807, 2.05) is 135 Å². The van der Waals surface area contributed by atoms with Crippen LogP contribution in [-0.4, -0.2) is 73.9 Å². The summed E-state index contributed by atoms with van der Waals surface area (Å²) < 4.78 is 54.3. The van der Waals surface area contributed by atoms with Crippen LogP contribution in [-0.2, 0) is 69.1 Å². The van der Waals surface area contributed by atoms with Crippen LogP contribution in [0.25, 0.3) is 0 Å². The summed E-state index contributed by atoms with van der Waals surface area (Å²) in [6.45, 7) is 9.30. The lowest BCUT2D eigenvalue weighted by Crippen LogP contribution is -2.62. The van der Waals surface area contributed by atoms with Crippen LogP contribution in [0.15, 0.2) is 121 Å². The fourth-order valence-corrected chi connectivity index (χ4v) is 10.1. The Morgan fingerprint density at radius 1 is 0.514 bits per heavy atom. The molecule has 72 heavy (non-hydrogen) atoms. The van der Waals surface area contributed by atoms with E-state index in [1.165, 1.54) is 103 Å². The molecule has 396 valence electrons. The van der Waals surface area contributed by atoms with Crippen molar-refractivity contribution in [2.45, 2.75) is 224 Å². The molecule has 0 radical (unpaired) electrons. The molecule has 0 aromatic heterocycles. The van der Waals surface area contributed by atoms with Crippen LogP contribution < -0.4 is 5.32 Å². The number of hydrogen-bond donors (Lipinski definition) is 1. The van der Waals surface area contributed by atoms with Gasteiger partial charge >= 0.3 is 0 Å². The lowest BCUT2D eigenvalue weighted by molar-refractivity contribution is -0.329. The molecular formula is C62H89NO9. The molecule has 0 spiro atoms. The summed E-state index contributed by atoms with van der Waals surface area (Å²) in [5.74, 6) is -1.01. The summed E-state index contributed by atoms with van der Waals surface area (Å²) >= 11 is 0. The molecule has 2 aliphatic heterocycles. The van der Waals surface area contributed by atoms with Gasteiger partial charge in [-0.15, -0.1) is 0 Å². The third kappa shape index (κ3) is 21.1. The molecule has 0 bridgehead atoms. The second kappa shape index (κ2) is 33.1. The topological polar surface area (TPSA) is 103 Å². The van der Waals surface area contributed by atoms with Crippen LogP contribution in [0.4, 0.5) is 0 Å². The Labute approximate surface area is 433 Å². The predicted molar refractivity (Wildman–Crippen MR) is 286 cm³/mol. The van der Waals surface area contributed by atoms with E-state index in [4.69, 9.17) is 37.9 Å². The molecule has 8 atom stereocenters. The third-order valence-electron chi connectivity index (χ3n) is 13.9. The molecule has 4 aromatic rings. The van der Waals surface area contributed by atoms with Crippen molar-refractivity contribution in [2.75, 3.05) is 13.2 Å². The first-order valence-electron chi connectivity index (χ1n) is 27.8. The first-order valence-corrected chi connectivity index (χ1v) is 27.8. The van der Waals surface area contributed by atoms with Gasteiger partial charge < -0.3 is 43.2 Å². The van der Waals surface area contributed by atoms with Crippen molar-refractivity contribution in [1.29, 1.82) is 0 Å². The van der Waals surface area contributed by atoms with E-state index in [-0.39, 0.29) is 31.8 Å². The largest absolute Gasteiger partial charge is 0.374 e. The van der Waals surface area contributed by atoms with Gasteiger partial charge in [0.15, 0.2) is 12.1 Å². The Morgan fingerprint density at radius 2 is 0.931 bits per heavy atom. The van der Waals surface area contributed by atoms with Crippen molar-refractivity contribution in [1.82, 2.24) is 5.32 Å². The lowest BCUT2D eigenvalue weighted by atomic mass is 9.97. The predicted octanol–water partition coefficient (Wildman–Crippen LogP) is 13.8. The van der Waals surface area contributed by atoms with Crippen LogP contribution in [0.5, 0.6) is 0 Å². The average molecular weight is 992 g/mol. The number of nitrogens with one attached hydrogen (secondary N) is 1. The summed E-state index contributed by atoms with van der Waals surface area (Å²) in [7, 11) is 0. The maximum absolute atomic E-state index is 13.0. The SMILES string of the molecule is CCCCCCCCCCCCCCCCCCC[C@H]1OC(C)(C)O[C@H]1[C@H](CO[C@H]1O[C@H](COCc2ccccc2)[C@H](OCc2ccccc2)[C@H](OCc2ccccc2)[C@H]1OCc1ccccc1)NC(C)=O. The molecule has 1 N–H and O–H groups in total. The third-order valence-corrected chi connectivity index (χ3v) is 13.9. The lowest BCUT2D eigenvalue weighted by Gasteiger charge is -2.46. The van der Waals surface area contributed by atoms with Crippen molar-refractivity contribution in [3.8, 4) is 0 Å². The van der Waals surface area contributed by atoms with Gasteiger partial charge in [0, 0.05) is 6.92 Å². The van der Waals surface area contributed by atoms with Gasteiger partial charge in [0.25, 0.3) is 0 Å². The van der Waals surface area contributed by atoms with Crippen molar-refractivity contribution >= 4 is 5.91 Å². The number of carbonyl (C=O) groups excluding carboxylic acids is 1. The van der Waals surface area contributed by atoms with Crippen molar-refractivity contribution in [2.24, 2.45) is 0 Å². The quantitative estimate of drug-likeness (QED) is 0.0446. The Morgan fingerprint density at radius 3 is 1.39 bits per heavy atom. The molecule has 0 aliphatic carbocycles. The van der Waals surface area contributed by atoms with Crippen molar-refractivity contribution in [3.63, 3.8) is 0 Å². The summed E-state index contributed by atoms with van der Waals surface area (Å²) in [5, 5.41) is 3.18. The first kappa shape index (κ1) is 57.3. The van der Waals surface area contributed by atoms with Crippen molar-refractivity contribution in [3.05, 3.63) is 144 Å². The fraction of sp³-hybridized carbons (Fsp3) is 0.597. The van der Waals surface area contributed by atoms with E-state index < -0.39 is 48.6 Å². The zero-order valence-electron chi connectivity index (χ0n) is 44.3. The van der Waals surface area contributed by atoms with Gasteiger partial charge in [0.05, 0.1) is 51.8 Å². The minimum Gasteiger partial charge on any atom is -0.374 e. The zero-order valence-corrected chi connectivity index (χ0v) is 44.3. The number of carbonyl (C=O) groups is 1. The zero-order chi connectivity index (χ0) is 50.5. The highest BCUT2D eigenvalue weighted by molar-refractivity contribution is 5.73. The van der Waals surface area contributed by atoms with Gasteiger partial charge in [0.1, 0.15) is 30.5 Å². The average Bonchev–Trinajstić information content (AvgIpc) is 3.71. The number of benzene rings is 4. The number of unbranched alkanes of at least 4 members (excludes halogenated alkanes) is 16. The molecular weight excluding hydrogens is 903 g/mol. The highest BCUT2D eigenvalue weighted by Crippen LogP contribution is 2.35. The Balaban J connectivity index is 1.12. The summed E-state index contributed by atoms with van der Waals surface area (Å²) in [5.41, 5.74) is 4.08. The summed E-state index contributed by atoms with van der Waals surface area (Å²) in [6, 6.07) is 39.8. The van der Waals surface area contributed by atoms with E-state index >= 15 is 0 Å². The van der Waals surface area contributed by atoms with Crippen LogP contribution in [0.3, 0.4) is 0 Å². The normalized spacial score (nSPS) is 22.2. The first-order chi connectivity index (χ1) is 35.3. The standard InChI is InChI=1S/C62H89NO9/c1-5-6-7-8-9-10-11-12-13-14-15-16-17-18-19-20-33-42-55-57(72-62(3,4)71-55)54(63-49(2)64)47-69-61-60(68-46-53-40-31-24-32-41-53)59(67-45-52-38-29-23-30-39-52)58(66-44-51-36-27-22-28-37-51)56(70-61)48-65-43-50-34-25-21-26-35-50/h21-32,34-41,54-61H,5-20,33,42-48H2,1-4H3,(H,63,64)/t54-,55+,56+,57-,58-,59-,60+,61-/m0/s1. The van der Waals surface area contributed by atoms with Gasteiger partial charge in [-0.2, -0.15) is 0 Å². The van der Waals surface area contributed by atoms with Gasteiger partial charge in [-0.1, -0.05) is 237 Å². The molecule has 2 saturated heterocycles. The van der Waals surface area contributed by atoms with Gasteiger partial charge in [-0.05, 0) is 42.5 Å². The molecule has 2 aliphatic rings. The minimum absolute atomic E-state index is 0.0770. The van der Waals surface area contributed by atoms with Crippen LogP contribution in [0, 0.1) is 0 Å². The minimum atomic E-state index is -0.938. The molecule has 4 aromatic carbocycles. The van der Waals surface area contributed by atoms with Crippen LogP contribution in [0.1, 0.15) is 166 Å². The van der Waals surface area contributed by atoms with E-state index in [0.717, 1.165) is 41.5 Å². The Kier molecular flexibility index (Phi) is 26.3. The Bertz CT molecular complexity index is 1990. The molecule has 10 nitrogen and oxygen atoms in total. The molecule has 0 unspecified atom stereocenters. The molecule has 10 heteroatoms. The maximum atomic E-state index is 13.0. The second-order valence-corrected chi connectivity index (χ2v) is 20.6. The molecule has 0 saturated carbocycles. The summed E-state index contributed by atoms with van der Waals surface area (Å²) in [6.07, 6.45) is 19.1. The summed E-state index contributed by atoms with van der Waals surface area (Å²) in [4.78, 5) is 13.0. The number of amides is 1. The number of ether oxygens (including phenoxy) is 8. The van der Waals surface area contributed by atoms with Gasteiger partial charge in [-0.25, -0.2) is 0 Å². The number of hydrogen-bond acceptors (Lipinski definition) is 9. The highest BCUT2D eigenvalue weighted by Gasteiger charge is 2.51. The van der Waals surface area contributed by atoms with E-state index in [2.05, 4.69) is 12.2 Å². The molecule has 1 amide bonds. The van der Waals surface area contributed by atoms with Crippen molar-refractivity contribution < 1.29 is 42.7 Å². The molecule has 2 heterocycles. The van der Waals surface area contributed by atoms with Crippen LogP contribution >= 0.6 is 0 Å².